The maximum atomic E-state index is 13.2. The lowest BCUT2D eigenvalue weighted by Crippen LogP contribution is -2.45. The fourth-order valence-corrected chi connectivity index (χ4v) is 4.28. The van der Waals surface area contributed by atoms with Gasteiger partial charge in [0.15, 0.2) is 0 Å². The average Bonchev–Trinajstić information content (AvgIpc) is 3.16. The number of benzene rings is 1. The molecule has 1 atom stereocenters. The van der Waals surface area contributed by atoms with Gasteiger partial charge in [0.05, 0.1) is 25.2 Å². The number of likely N-dealkylation sites (tertiary alicyclic amines) is 1. The molecule has 34 heavy (non-hydrogen) atoms. The van der Waals surface area contributed by atoms with Crippen molar-refractivity contribution < 1.29 is 23.9 Å². The smallest absolute Gasteiger partial charge is 0.339 e. The van der Waals surface area contributed by atoms with Crippen LogP contribution in [0.1, 0.15) is 70.3 Å². The second-order valence-corrected chi connectivity index (χ2v) is 8.77. The first-order chi connectivity index (χ1) is 16.3. The number of aryl methyl sites for hydroxylation is 1. The number of nitrogens with one attached hydrogen (secondary N) is 2. The maximum Gasteiger partial charge on any atom is 0.339 e. The summed E-state index contributed by atoms with van der Waals surface area (Å²) in [6.07, 6.45) is 3.59. The van der Waals surface area contributed by atoms with Crippen molar-refractivity contribution in [3.05, 3.63) is 52.3 Å². The lowest BCUT2D eigenvalue weighted by molar-refractivity contribution is -0.126. The molecule has 1 aromatic carbocycles. The number of rotatable bonds is 9. The van der Waals surface area contributed by atoms with Crippen molar-refractivity contribution in [1.82, 2.24) is 15.2 Å². The molecule has 1 aliphatic rings. The Balaban J connectivity index is 1.56. The second-order valence-electron chi connectivity index (χ2n) is 8.77. The Hall–Kier alpha value is -3.29. The van der Waals surface area contributed by atoms with Gasteiger partial charge >= 0.3 is 5.97 Å². The number of hydrogen-bond acceptors (Lipinski definition) is 5. The number of ether oxygens (including phenoxy) is 2. The summed E-state index contributed by atoms with van der Waals surface area (Å²) in [5, 5.41) is 3.00. The van der Waals surface area contributed by atoms with Crippen LogP contribution in [-0.2, 0) is 16.1 Å². The Labute approximate surface area is 201 Å². The highest BCUT2D eigenvalue weighted by Gasteiger charge is 2.31. The highest BCUT2D eigenvalue weighted by Crippen LogP contribution is 2.24. The molecule has 0 saturated carbocycles. The van der Waals surface area contributed by atoms with E-state index in [1.807, 2.05) is 24.3 Å². The van der Waals surface area contributed by atoms with Crippen molar-refractivity contribution >= 4 is 17.8 Å². The van der Waals surface area contributed by atoms with Gasteiger partial charge in [0.25, 0.3) is 5.91 Å². The predicted molar refractivity (Wildman–Crippen MR) is 129 cm³/mol. The van der Waals surface area contributed by atoms with E-state index in [-0.39, 0.29) is 17.7 Å². The number of amides is 2. The molecule has 0 spiro atoms. The molecular formula is C26H35N3O5. The summed E-state index contributed by atoms with van der Waals surface area (Å²) < 4.78 is 10.5. The molecule has 3 rings (SSSR count). The zero-order valence-corrected chi connectivity index (χ0v) is 20.5. The van der Waals surface area contributed by atoms with Crippen LogP contribution in [0, 0.1) is 19.8 Å². The minimum Gasteiger partial charge on any atom is -0.494 e. The average molecular weight is 470 g/mol. The molecule has 2 amide bonds. The molecule has 2 aromatic rings. The van der Waals surface area contributed by atoms with Gasteiger partial charge in [-0.2, -0.15) is 0 Å². The normalized spacial score (nSPS) is 15.6. The van der Waals surface area contributed by atoms with E-state index >= 15 is 0 Å². The summed E-state index contributed by atoms with van der Waals surface area (Å²) in [5.74, 6) is -0.176. The number of unbranched alkanes of at least 4 members (excludes halogenated alkanes) is 1. The Bertz CT molecular complexity index is 1010. The highest BCUT2D eigenvalue weighted by atomic mass is 16.5. The molecule has 1 unspecified atom stereocenters. The van der Waals surface area contributed by atoms with E-state index < -0.39 is 5.97 Å². The molecule has 2 heterocycles. The minimum atomic E-state index is -0.471. The number of piperidine rings is 1. The fourth-order valence-electron chi connectivity index (χ4n) is 4.28. The third-order valence-corrected chi connectivity index (χ3v) is 6.28. The van der Waals surface area contributed by atoms with Crippen LogP contribution in [0.3, 0.4) is 0 Å². The third kappa shape index (κ3) is 5.98. The Morgan fingerprint density at radius 1 is 1.18 bits per heavy atom. The van der Waals surface area contributed by atoms with E-state index in [2.05, 4.69) is 17.2 Å². The predicted octanol–water partition coefficient (Wildman–Crippen LogP) is 3.77. The van der Waals surface area contributed by atoms with Crippen LogP contribution in [0.5, 0.6) is 5.75 Å². The summed E-state index contributed by atoms with van der Waals surface area (Å²) in [7, 11) is 1.32. The Morgan fingerprint density at radius 2 is 1.91 bits per heavy atom. The number of carbonyl (C=O) groups is 3. The Morgan fingerprint density at radius 3 is 2.59 bits per heavy atom. The van der Waals surface area contributed by atoms with Crippen molar-refractivity contribution in [1.29, 1.82) is 0 Å². The van der Waals surface area contributed by atoms with Gasteiger partial charge in [-0.1, -0.05) is 25.5 Å². The molecule has 184 valence electrons. The molecule has 1 saturated heterocycles. The first-order valence-electron chi connectivity index (χ1n) is 11.9. The van der Waals surface area contributed by atoms with E-state index in [0.29, 0.717) is 48.8 Å². The van der Waals surface area contributed by atoms with Crippen molar-refractivity contribution in [2.45, 2.75) is 53.0 Å². The van der Waals surface area contributed by atoms with Crippen LogP contribution in [-0.4, -0.2) is 54.5 Å². The molecule has 0 bridgehead atoms. The largest absolute Gasteiger partial charge is 0.494 e. The van der Waals surface area contributed by atoms with Crippen LogP contribution in [0.4, 0.5) is 0 Å². The second kappa shape index (κ2) is 11.7. The molecule has 0 aliphatic carbocycles. The number of hydrogen-bond donors (Lipinski definition) is 2. The van der Waals surface area contributed by atoms with E-state index in [1.54, 1.807) is 18.7 Å². The highest BCUT2D eigenvalue weighted by molar-refractivity contribution is 6.00. The Kier molecular flexibility index (Phi) is 8.73. The van der Waals surface area contributed by atoms with Gasteiger partial charge in [0, 0.05) is 25.3 Å². The van der Waals surface area contributed by atoms with Gasteiger partial charge in [0.2, 0.25) is 5.91 Å². The fraction of sp³-hybridized carbons (Fsp3) is 0.500. The lowest BCUT2D eigenvalue weighted by Gasteiger charge is -2.32. The minimum absolute atomic E-state index is 0.0598. The molecule has 8 heteroatoms. The molecule has 1 aliphatic heterocycles. The summed E-state index contributed by atoms with van der Waals surface area (Å²) >= 11 is 0. The van der Waals surface area contributed by atoms with Gasteiger partial charge < -0.3 is 24.7 Å². The van der Waals surface area contributed by atoms with Crippen LogP contribution in [0.15, 0.2) is 24.3 Å². The summed E-state index contributed by atoms with van der Waals surface area (Å²) in [5.41, 5.74) is 2.93. The standard InChI is InChI=1S/C26H35N3O5/c1-5-6-14-34-21-11-9-19(10-12-21)15-27-24(30)20-8-7-13-29(16-20)25(31)23-17(2)22(18(3)28-23)26(32)33-4/h9-12,20,28H,5-8,13-16H2,1-4H3,(H,27,30). The van der Waals surface area contributed by atoms with Crippen molar-refractivity contribution in [2.24, 2.45) is 5.92 Å². The van der Waals surface area contributed by atoms with E-state index in [4.69, 9.17) is 9.47 Å². The zero-order chi connectivity index (χ0) is 24.7. The first-order valence-corrected chi connectivity index (χ1v) is 11.9. The molecule has 1 fully saturated rings. The number of nitrogens with zero attached hydrogens (tertiary/aromatic N) is 1. The zero-order valence-electron chi connectivity index (χ0n) is 20.5. The van der Waals surface area contributed by atoms with Crippen molar-refractivity contribution in [3.8, 4) is 5.75 Å². The van der Waals surface area contributed by atoms with E-state index in [9.17, 15) is 14.4 Å². The number of methoxy groups -OCH3 is 1. The molecule has 2 N–H and O–H groups in total. The van der Waals surface area contributed by atoms with Gasteiger partial charge in [0.1, 0.15) is 11.4 Å². The SMILES string of the molecule is CCCCOc1ccc(CNC(=O)C2CCCN(C(=O)c3[nH]c(C)c(C(=O)OC)c3C)C2)cc1. The summed E-state index contributed by atoms with van der Waals surface area (Å²) in [6, 6.07) is 7.74. The number of aromatic amines is 1. The number of aromatic nitrogens is 1. The van der Waals surface area contributed by atoms with Crippen LogP contribution >= 0.6 is 0 Å². The first kappa shape index (κ1) is 25.3. The van der Waals surface area contributed by atoms with Crippen LogP contribution in [0.25, 0.3) is 0 Å². The topological polar surface area (TPSA) is 101 Å². The summed E-state index contributed by atoms with van der Waals surface area (Å²) in [6.45, 7) is 7.65. The van der Waals surface area contributed by atoms with Gasteiger partial charge in [-0.15, -0.1) is 0 Å². The maximum absolute atomic E-state index is 13.2. The van der Waals surface area contributed by atoms with Crippen LogP contribution in [0.2, 0.25) is 0 Å². The van der Waals surface area contributed by atoms with E-state index in [1.165, 1.54) is 7.11 Å². The number of carbonyl (C=O) groups excluding carboxylic acids is 3. The number of esters is 1. The molecular weight excluding hydrogens is 434 g/mol. The third-order valence-electron chi connectivity index (χ3n) is 6.28. The van der Waals surface area contributed by atoms with Gasteiger partial charge in [-0.3, -0.25) is 9.59 Å². The lowest BCUT2D eigenvalue weighted by atomic mass is 9.96. The quantitative estimate of drug-likeness (QED) is 0.430. The van der Waals surface area contributed by atoms with Crippen LogP contribution < -0.4 is 10.1 Å². The van der Waals surface area contributed by atoms with Gasteiger partial charge in [-0.05, 0) is 56.4 Å². The monoisotopic (exact) mass is 469 g/mol. The molecule has 8 nitrogen and oxygen atoms in total. The van der Waals surface area contributed by atoms with Crippen molar-refractivity contribution in [2.75, 3.05) is 26.8 Å². The van der Waals surface area contributed by atoms with E-state index in [0.717, 1.165) is 37.0 Å². The summed E-state index contributed by atoms with van der Waals surface area (Å²) in [4.78, 5) is 42.8. The number of H-pyrrole nitrogens is 1. The van der Waals surface area contributed by atoms with Gasteiger partial charge in [-0.25, -0.2) is 4.79 Å². The van der Waals surface area contributed by atoms with Crippen molar-refractivity contribution in [3.63, 3.8) is 0 Å². The molecule has 1 aromatic heterocycles. The molecule has 0 radical (unpaired) electrons.